The molecule has 0 bridgehead atoms. The zero-order valence-corrected chi connectivity index (χ0v) is 18.0. The minimum atomic E-state index is -0.419. The van der Waals surface area contributed by atoms with E-state index in [-0.39, 0.29) is 11.6 Å². The number of thiazole rings is 1. The van der Waals surface area contributed by atoms with Crippen molar-refractivity contribution < 1.29 is 14.5 Å². The minimum Gasteiger partial charge on any atom is -0.494 e. The first kappa shape index (κ1) is 21.7. The molecule has 0 N–H and O–H groups in total. The smallest absolute Gasteiger partial charge is 0.279 e. The Morgan fingerprint density at radius 3 is 2.73 bits per heavy atom. The maximum Gasteiger partial charge on any atom is 0.279 e. The summed E-state index contributed by atoms with van der Waals surface area (Å²) in [5, 5.41) is 11.1. The van der Waals surface area contributed by atoms with Crippen LogP contribution in [0.4, 0.5) is 5.69 Å². The van der Waals surface area contributed by atoms with E-state index in [1.54, 1.807) is 24.3 Å². The Bertz CT molecular complexity index is 1120. The van der Waals surface area contributed by atoms with Gasteiger partial charge in [0.2, 0.25) is 0 Å². The second-order valence-corrected chi connectivity index (χ2v) is 7.95. The molecule has 0 spiro atoms. The van der Waals surface area contributed by atoms with E-state index in [2.05, 4.69) is 11.9 Å². The maximum absolute atomic E-state index is 12.8. The molecule has 0 saturated heterocycles. The minimum absolute atomic E-state index is 0.0261. The number of nitro groups is 1. The highest BCUT2D eigenvalue weighted by atomic mass is 32.1. The van der Waals surface area contributed by atoms with Crippen molar-refractivity contribution >= 4 is 33.1 Å². The number of ether oxygens (including phenoxy) is 1. The van der Waals surface area contributed by atoms with Gasteiger partial charge in [0, 0.05) is 24.2 Å². The van der Waals surface area contributed by atoms with Gasteiger partial charge in [0.25, 0.3) is 11.6 Å². The number of hydrogen-bond acceptors (Lipinski definition) is 5. The fourth-order valence-corrected chi connectivity index (χ4v) is 4.20. The fraction of sp³-hybridized carbons (Fsp3) is 0.364. The summed E-state index contributed by atoms with van der Waals surface area (Å²) in [6, 6.07) is 11.8. The zero-order chi connectivity index (χ0) is 21.5. The number of benzene rings is 2. The summed E-state index contributed by atoms with van der Waals surface area (Å²) in [4.78, 5) is 28.3. The Kier molecular flexibility index (Phi) is 7.35. The third-order valence-corrected chi connectivity index (χ3v) is 5.66. The summed E-state index contributed by atoms with van der Waals surface area (Å²) in [6.45, 7) is 5.46. The Morgan fingerprint density at radius 2 is 2.00 bits per heavy atom. The van der Waals surface area contributed by atoms with Gasteiger partial charge < -0.3 is 9.30 Å². The quantitative estimate of drug-likeness (QED) is 0.262. The second kappa shape index (κ2) is 10.2. The molecule has 0 aliphatic carbocycles. The Labute approximate surface area is 178 Å². The molecule has 1 aromatic heterocycles. The first-order valence-corrected chi connectivity index (χ1v) is 10.9. The van der Waals surface area contributed by atoms with Gasteiger partial charge in [-0.15, -0.1) is 0 Å². The largest absolute Gasteiger partial charge is 0.494 e. The Morgan fingerprint density at radius 1 is 1.17 bits per heavy atom. The molecule has 3 rings (SSSR count). The summed E-state index contributed by atoms with van der Waals surface area (Å²) in [5.41, 5.74) is 1.32. The number of carbonyl (C=O) groups is 1. The van der Waals surface area contributed by atoms with Crippen molar-refractivity contribution in [2.75, 3.05) is 6.61 Å². The van der Waals surface area contributed by atoms with Gasteiger partial charge >= 0.3 is 0 Å². The van der Waals surface area contributed by atoms with Gasteiger partial charge in [0.1, 0.15) is 5.75 Å². The second-order valence-electron chi connectivity index (χ2n) is 6.95. The number of non-ortho nitro benzene ring substituents is 1. The van der Waals surface area contributed by atoms with Crippen molar-refractivity contribution in [3.8, 4) is 5.75 Å². The van der Waals surface area contributed by atoms with Gasteiger partial charge in [0.05, 0.1) is 21.7 Å². The molecule has 0 radical (unpaired) electrons. The molecular formula is C22H25N3O4S. The van der Waals surface area contributed by atoms with E-state index in [0.717, 1.165) is 35.9 Å². The average molecular weight is 428 g/mol. The van der Waals surface area contributed by atoms with Gasteiger partial charge in [-0.3, -0.25) is 14.9 Å². The third kappa shape index (κ3) is 5.13. The molecule has 0 aliphatic rings. The van der Waals surface area contributed by atoms with Gasteiger partial charge in [0.15, 0.2) is 4.80 Å². The number of fused-ring (bicyclic) bond motifs is 1. The number of amides is 1. The highest BCUT2D eigenvalue weighted by Gasteiger charge is 2.13. The average Bonchev–Trinajstić information content (AvgIpc) is 3.08. The van der Waals surface area contributed by atoms with Crippen molar-refractivity contribution in [2.24, 2.45) is 4.99 Å². The van der Waals surface area contributed by atoms with Crippen molar-refractivity contribution in [1.29, 1.82) is 0 Å². The molecule has 30 heavy (non-hydrogen) atoms. The molecule has 1 heterocycles. The molecule has 1 amide bonds. The summed E-state index contributed by atoms with van der Waals surface area (Å²) < 4.78 is 8.41. The topological polar surface area (TPSA) is 86.7 Å². The van der Waals surface area contributed by atoms with E-state index in [1.165, 1.54) is 23.5 Å². The van der Waals surface area contributed by atoms with Crippen LogP contribution in [0.25, 0.3) is 10.2 Å². The number of aryl methyl sites for hydroxylation is 1. The molecule has 8 heteroatoms. The van der Waals surface area contributed by atoms with Crippen LogP contribution >= 0.6 is 11.3 Å². The van der Waals surface area contributed by atoms with Crippen molar-refractivity contribution in [2.45, 2.75) is 46.1 Å². The molecule has 0 unspecified atom stereocenters. The lowest BCUT2D eigenvalue weighted by Gasteiger charge is -2.06. The van der Waals surface area contributed by atoms with E-state index in [4.69, 9.17) is 4.74 Å². The summed E-state index contributed by atoms with van der Waals surface area (Å²) in [6.07, 6.45) is 4.06. The number of unbranched alkanes of at least 4 members (excludes halogenated alkanes) is 2. The molecule has 0 fully saturated rings. The van der Waals surface area contributed by atoms with E-state index < -0.39 is 4.92 Å². The molecule has 158 valence electrons. The van der Waals surface area contributed by atoms with Crippen LogP contribution in [0, 0.1) is 10.1 Å². The highest BCUT2D eigenvalue weighted by Crippen LogP contribution is 2.23. The van der Waals surface area contributed by atoms with Crippen molar-refractivity contribution in [3.63, 3.8) is 0 Å². The van der Waals surface area contributed by atoms with Gasteiger partial charge in [-0.05, 0) is 37.1 Å². The van der Waals surface area contributed by atoms with E-state index in [9.17, 15) is 14.9 Å². The first-order valence-electron chi connectivity index (χ1n) is 10.1. The standard InChI is InChI=1S/C22H25N3O4S/c1-3-5-6-13-29-18-9-7-8-16(14-18)21(26)23-22-24(12-4-2)19-11-10-17(25(27)28)15-20(19)30-22/h7-11,14-15H,3-6,12-13H2,1-2H3. The molecule has 7 nitrogen and oxygen atoms in total. The fourth-order valence-electron chi connectivity index (χ4n) is 3.11. The van der Waals surface area contributed by atoms with Crippen LogP contribution in [-0.2, 0) is 6.54 Å². The molecule has 3 aromatic rings. The number of nitrogens with zero attached hydrogens (tertiary/aromatic N) is 3. The van der Waals surface area contributed by atoms with Crippen LogP contribution in [0.1, 0.15) is 49.9 Å². The SMILES string of the molecule is CCCCCOc1cccc(C(=O)N=c2sc3cc([N+](=O)[O-])ccc3n2CCC)c1. The predicted molar refractivity (Wildman–Crippen MR) is 118 cm³/mol. The summed E-state index contributed by atoms with van der Waals surface area (Å²) in [5.74, 6) is 0.292. The normalized spacial score (nSPS) is 11.7. The first-order chi connectivity index (χ1) is 14.5. The maximum atomic E-state index is 12.8. The van der Waals surface area contributed by atoms with Crippen LogP contribution in [0.15, 0.2) is 47.5 Å². The predicted octanol–water partition coefficient (Wildman–Crippen LogP) is 5.33. The summed E-state index contributed by atoms with van der Waals surface area (Å²) in [7, 11) is 0. The lowest BCUT2D eigenvalue weighted by Crippen LogP contribution is -2.16. The Balaban J connectivity index is 1.92. The van der Waals surface area contributed by atoms with E-state index >= 15 is 0 Å². The highest BCUT2D eigenvalue weighted by molar-refractivity contribution is 7.16. The van der Waals surface area contributed by atoms with Crippen molar-refractivity contribution in [1.82, 2.24) is 4.57 Å². The van der Waals surface area contributed by atoms with Crippen LogP contribution in [-0.4, -0.2) is 22.0 Å². The van der Waals surface area contributed by atoms with Gasteiger partial charge in [-0.2, -0.15) is 4.99 Å². The monoisotopic (exact) mass is 427 g/mol. The van der Waals surface area contributed by atoms with Crippen LogP contribution in [0.3, 0.4) is 0 Å². The van der Waals surface area contributed by atoms with Crippen LogP contribution in [0.2, 0.25) is 0 Å². The van der Waals surface area contributed by atoms with Crippen molar-refractivity contribution in [3.05, 3.63) is 62.9 Å². The molecular weight excluding hydrogens is 402 g/mol. The van der Waals surface area contributed by atoms with Crippen LogP contribution in [0.5, 0.6) is 5.75 Å². The van der Waals surface area contributed by atoms with E-state index in [1.807, 2.05) is 17.6 Å². The molecule has 0 aliphatic heterocycles. The molecule has 2 aromatic carbocycles. The lowest BCUT2D eigenvalue weighted by atomic mass is 10.2. The van der Waals surface area contributed by atoms with Gasteiger partial charge in [-0.25, -0.2) is 0 Å². The zero-order valence-electron chi connectivity index (χ0n) is 17.2. The molecule has 0 atom stereocenters. The van der Waals surface area contributed by atoms with E-state index in [0.29, 0.717) is 29.3 Å². The number of rotatable bonds is 9. The number of aromatic nitrogens is 1. The number of carbonyl (C=O) groups excluding carboxylic acids is 1. The van der Waals surface area contributed by atoms with Crippen LogP contribution < -0.4 is 9.54 Å². The lowest BCUT2D eigenvalue weighted by molar-refractivity contribution is -0.384. The number of nitro benzene ring substituents is 1. The van der Waals surface area contributed by atoms with Gasteiger partial charge in [-0.1, -0.05) is 44.1 Å². The Hall–Kier alpha value is -3.00. The number of hydrogen-bond donors (Lipinski definition) is 0. The third-order valence-electron chi connectivity index (χ3n) is 4.62. The summed E-state index contributed by atoms with van der Waals surface area (Å²) >= 11 is 1.28. The molecule has 0 saturated carbocycles.